The van der Waals surface area contributed by atoms with Crippen molar-refractivity contribution < 1.29 is 4.74 Å². The third-order valence-electron chi connectivity index (χ3n) is 3.14. The maximum absolute atomic E-state index is 6.04. The first kappa shape index (κ1) is 13.2. The van der Waals surface area contributed by atoms with Crippen LogP contribution in [-0.4, -0.2) is 7.11 Å². The normalized spacial score (nSPS) is 11.9. The summed E-state index contributed by atoms with van der Waals surface area (Å²) in [5, 5.41) is 0. The lowest BCUT2D eigenvalue weighted by atomic mass is 9.96. The number of benzene rings is 2. The lowest BCUT2D eigenvalue weighted by molar-refractivity contribution is 0.415. The second kappa shape index (κ2) is 6.10. The van der Waals surface area contributed by atoms with Gasteiger partial charge in [0.1, 0.15) is 5.75 Å². The van der Waals surface area contributed by atoms with Crippen molar-refractivity contribution in [2.75, 3.05) is 7.11 Å². The van der Waals surface area contributed by atoms with Gasteiger partial charge in [-0.25, -0.2) is 0 Å². The molecule has 0 unspecified atom stereocenters. The zero-order chi connectivity index (χ0) is 13.7. The Bertz CT molecular complexity index is 552. The van der Waals surface area contributed by atoms with E-state index in [0.29, 0.717) is 0 Å². The van der Waals surface area contributed by atoms with E-state index in [1.807, 2.05) is 49.4 Å². The second-order valence-corrected chi connectivity index (χ2v) is 4.55. The highest BCUT2D eigenvalue weighted by molar-refractivity contribution is 5.70. The molecule has 0 heterocycles. The van der Waals surface area contributed by atoms with Gasteiger partial charge in [-0.1, -0.05) is 42.5 Å². The molecule has 0 radical (unpaired) electrons. The van der Waals surface area contributed by atoms with Gasteiger partial charge in [0, 0.05) is 5.70 Å². The van der Waals surface area contributed by atoms with Crippen molar-refractivity contribution >= 4 is 5.57 Å². The van der Waals surface area contributed by atoms with E-state index in [-0.39, 0.29) is 0 Å². The number of ether oxygens (including phenoxy) is 1. The fourth-order valence-electron chi connectivity index (χ4n) is 2.06. The van der Waals surface area contributed by atoms with Crippen LogP contribution in [0.5, 0.6) is 5.75 Å². The first-order valence-electron chi connectivity index (χ1n) is 6.34. The molecule has 0 fully saturated rings. The van der Waals surface area contributed by atoms with Crippen LogP contribution < -0.4 is 10.5 Å². The number of rotatable bonds is 4. The van der Waals surface area contributed by atoms with Crippen molar-refractivity contribution in [2.24, 2.45) is 5.73 Å². The first-order chi connectivity index (χ1) is 9.20. The van der Waals surface area contributed by atoms with Gasteiger partial charge in [-0.2, -0.15) is 0 Å². The Labute approximate surface area is 114 Å². The molecule has 0 bridgehead atoms. The average Bonchev–Trinajstić information content (AvgIpc) is 2.46. The molecular formula is C17H19NO. The highest BCUT2D eigenvalue weighted by atomic mass is 16.5. The maximum atomic E-state index is 6.04. The minimum atomic E-state index is 0.843. The largest absolute Gasteiger partial charge is 0.497 e. The highest BCUT2D eigenvalue weighted by Crippen LogP contribution is 2.23. The predicted octanol–water partition coefficient (Wildman–Crippen LogP) is 3.63. The molecule has 0 amide bonds. The SMILES string of the molecule is COc1ccc(/C(Cc2ccccc2)=C(/C)N)cc1. The van der Waals surface area contributed by atoms with Crippen molar-refractivity contribution in [3.05, 3.63) is 71.4 Å². The molecule has 0 spiro atoms. The van der Waals surface area contributed by atoms with Gasteiger partial charge in [0.2, 0.25) is 0 Å². The Morgan fingerprint density at radius 2 is 1.63 bits per heavy atom. The van der Waals surface area contributed by atoms with Crippen LogP contribution in [0.3, 0.4) is 0 Å². The maximum Gasteiger partial charge on any atom is 0.118 e. The van der Waals surface area contributed by atoms with Gasteiger partial charge in [0.25, 0.3) is 0 Å². The highest BCUT2D eigenvalue weighted by Gasteiger charge is 2.06. The molecule has 0 aliphatic carbocycles. The zero-order valence-electron chi connectivity index (χ0n) is 11.4. The van der Waals surface area contributed by atoms with Crippen molar-refractivity contribution in [3.63, 3.8) is 0 Å². The van der Waals surface area contributed by atoms with Crippen LogP contribution in [0.2, 0.25) is 0 Å². The summed E-state index contributed by atoms with van der Waals surface area (Å²) in [6.07, 6.45) is 0.843. The number of nitrogens with two attached hydrogens (primary N) is 1. The molecule has 0 aromatic heterocycles. The minimum Gasteiger partial charge on any atom is -0.497 e. The van der Waals surface area contributed by atoms with Crippen molar-refractivity contribution in [1.29, 1.82) is 0 Å². The molecular weight excluding hydrogens is 234 g/mol. The lowest BCUT2D eigenvalue weighted by Gasteiger charge is -2.11. The van der Waals surface area contributed by atoms with Crippen molar-refractivity contribution in [1.82, 2.24) is 0 Å². The number of methoxy groups -OCH3 is 1. The van der Waals surface area contributed by atoms with E-state index in [1.54, 1.807) is 7.11 Å². The van der Waals surface area contributed by atoms with Gasteiger partial charge in [0.15, 0.2) is 0 Å². The zero-order valence-corrected chi connectivity index (χ0v) is 11.4. The Kier molecular flexibility index (Phi) is 4.24. The third-order valence-corrected chi connectivity index (χ3v) is 3.14. The average molecular weight is 253 g/mol. The van der Waals surface area contributed by atoms with Gasteiger partial charge in [0.05, 0.1) is 7.11 Å². The van der Waals surface area contributed by atoms with Crippen LogP contribution in [0, 0.1) is 0 Å². The van der Waals surface area contributed by atoms with Gasteiger partial charge in [-0.15, -0.1) is 0 Å². The summed E-state index contributed by atoms with van der Waals surface area (Å²) in [6, 6.07) is 18.4. The number of allylic oxidation sites excluding steroid dienone is 2. The van der Waals surface area contributed by atoms with E-state index < -0.39 is 0 Å². The topological polar surface area (TPSA) is 35.2 Å². The van der Waals surface area contributed by atoms with E-state index in [4.69, 9.17) is 10.5 Å². The molecule has 0 atom stereocenters. The Hall–Kier alpha value is -2.22. The molecule has 19 heavy (non-hydrogen) atoms. The molecule has 2 N–H and O–H groups in total. The van der Waals surface area contributed by atoms with E-state index in [0.717, 1.165) is 29.0 Å². The Morgan fingerprint density at radius 1 is 1.00 bits per heavy atom. The Morgan fingerprint density at radius 3 is 2.16 bits per heavy atom. The third kappa shape index (κ3) is 3.38. The molecule has 0 aliphatic rings. The van der Waals surface area contributed by atoms with E-state index in [2.05, 4.69) is 12.1 Å². The summed E-state index contributed by atoms with van der Waals surface area (Å²) in [5.41, 5.74) is 10.5. The van der Waals surface area contributed by atoms with Gasteiger partial charge < -0.3 is 10.5 Å². The molecule has 2 aromatic rings. The summed E-state index contributed by atoms with van der Waals surface area (Å²) >= 11 is 0. The summed E-state index contributed by atoms with van der Waals surface area (Å²) in [6.45, 7) is 1.95. The molecule has 98 valence electrons. The van der Waals surface area contributed by atoms with Gasteiger partial charge in [-0.05, 0) is 42.2 Å². The molecule has 2 rings (SSSR count). The molecule has 2 nitrogen and oxygen atoms in total. The molecule has 0 saturated carbocycles. The van der Waals surface area contributed by atoms with Crippen LogP contribution in [0.15, 0.2) is 60.3 Å². The first-order valence-corrected chi connectivity index (χ1v) is 6.34. The summed E-state index contributed by atoms with van der Waals surface area (Å²) < 4.78 is 5.18. The van der Waals surface area contributed by atoms with Gasteiger partial charge in [-0.3, -0.25) is 0 Å². The fourth-order valence-corrected chi connectivity index (χ4v) is 2.06. The standard InChI is InChI=1S/C17H19NO/c1-13(18)17(12-14-6-4-3-5-7-14)15-8-10-16(19-2)11-9-15/h3-11H,12,18H2,1-2H3/b17-13-. The van der Waals surface area contributed by atoms with Crippen LogP contribution in [0.1, 0.15) is 18.1 Å². The summed E-state index contributed by atoms with van der Waals surface area (Å²) in [5.74, 6) is 0.859. The van der Waals surface area contributed by atoms with Crippen molar-refractivity contribution in [3.8, 4) is 5.75 Å². The van der Waals surface area contributed by atoms with E-state index in [9.17, 15) is 0 Å². The molecule has 0 aliphatic heterocycles. The van der Waals surface area contributed by atoms with Crippen LogP contribution in [0.25, 0.3) is 5.57 Å². The summed E-state index contributed by atoms with van der Waals surface area (Å²) in [4.78, 5) is 0. The van der Waals surface area contributed by atoms with Crippen molar-refractivity contribution in [2.45, 2.75) is 13.3 Å². The number of hydrogen-bond donors (Lipinski definition) is 1. The monoisotopic (exact) mass is 253 g/mol. The van der Waals surface area contributed by atoms with Crippen LogP contribution in [0.4, 0.5) is 0 Å². The predicted molar refractivity (Wildman–Crippen MR) is 79.9 cm³/mol. The van der Waals surface area contributed by atoms with E-state index in [1.165, 1.54) is 5.56 Å². The number of hydrogen-bond acceptors (Lipinski definition) is 2. The lowest BCUT2D eigenvalue weighted by Crippen LogP contribution is -2.01. The van der Waals surface area contributed by atoms with Crippen LogP contribution >= 0.6 is 0 Å². The second-order valence-electron chi connectivity index (χ2n) is 4.55. The molecule has 2 aromatic carbocycles. The Balaban J connectivity index is 2.28. The fraction of sp³-hybridized carbons (Fsp3) is 0.176. The summed E-state index contributed by atoms with van der Waals surface area (Å²) in [7, 11) is 1.67. The van der Waals surface area contributed by atoms with E-state index >= 15 is 0 Å². The van der Waals surface area contributed by atoms with Gasteiger partial charge >= 0.3 is 0 Å². The molecule has 2 heteroatoms. The molecule has 0 saturated heterocycles. The minimum absolute atomic E-state index is 0.843. The van der Waals surface area contributed by atoms with Crippen LogP contribution in [-0.2, 0) is 6.42 Å². The quantitative estimate of drug-likeness (QED) is 0.903. The smallest absolute Gasteiger partial charge is 0.118 e.